The van der Waals surface area contributed by atoms with Gasteiger partial charge in [0.2, 0.25) is 11.4 Å². The third-order valence-electron chi connectivity index (χ3n) is 5.59. The highest BCUT2D eigenvalue weighted by Gasteiger charge is 2.24. The predicted octanol–water partition coefficient (Wildman–Crippen LogP) is 2.08. The number of fused-ring (bicyclic) bond motifs is 4. The van der Waals surface area contributed by atoms with E-state index < -0.39 is 0 Å². The summed E-state index contributed by atoms with van der Waals surface area (Å²) >= 11 is 0. The largest absolute Gasteiger partial charge is 0.489 e. The predicted molar refractivity (Wildman–Crippen MR) is 126 cm³/mol. The van der Waals surface area contributed by atoms with E-state index in [1.807, 2.05) is 13.0 Å². The van der Waals surface area contributed by atoms with Gasteiger partial charge in [0.05, 0.1) is 41.8 Å². The number of H-pyrrole nitrogens is 2. The normalized spacial score (nSPS) is 13.9. The first-order valence-corrected chi connectivity index (χ1v) is 10.8. The quantitative estimate of drug-likeness (QED) is 0.467. The minimum Gasteiger partial charge on any atom is -0.489 e. The van der Waals surface area contributed by atoms with Crippen LogP contribution in [-0.2, 0) is 7.05 Å². The van der Waals surface area contributed by atoms with Crippen molar-refractivity contribution in [1.82, 2.24) is 34.8 Å². The van der Waals surface area contributed by atoms with E-state index in [4.69, 9.17) is 9.47 Å². The molecule has 0 saturated heterocycles. The number of nitrogens with one attached hydrogen (secondary N) is 2. The molecule has 0 fully saturated rings. The lowest BCUT2D eigenvalue weighted by Gasteiger charge is -2.17. The lowest BCUT2D eigenvalue weighted by molar-refractivity contribution is 0.0767. The molecule has 0 spiro atoms. The van der Waals surface area contributed by atoms with Crippen LogP contribution in [0, 0.1) is 0 Å². The molecule has 1 aliphatic rings. The van der Waals surface area contributed by atoms with Crippen molar-refractivity contribution >= 4 is 29.0 Å². The molecule has 0 unspecified atom stereocenters. The topological polar surface area (TPSA) is 131 Å². The van der Waals surface area contributed by atoms with Gasteiger partial charge in [-0.15, -0.1) is 0 Å². The zero-order chi connectivity index (χ0) is 23.8. The van der Waals surface area contributed by atoms with Gasteiger partial charge in [0.25, 0.3) is 5.91 Å². The van der Waals surface area contributed by atoms with Crippen molar-refractivity contribution in [2.24, 2.45) is 7.05 Å². The number of ether oxygens (including phenoxy) is 2. The van der Waals surface area contributed by atoms with Gasteiger partial charge in [-0.3, -0.25) is 19.7 Å². The first kappa shape index (κ1) is 21.4. The first-order chi connectivity index (χ1) is 16.5. The maximum absolute atomic E-state index is 13.3. The molecule has 4 aromatic rings. The van der Waals surface area contributed by atoms with Crippen LogP contribution in [0.15, 0.2) is 29.3 Å². The van der Waals surface area contributed by atoms with Gasteiger partial charge in [-0.2, -0.15) is 10.2 Å². The third-order valence-corrected chi connectivity index (χ3v) is 5.59. The Morgan fingerprint density at radius 1 is 1.21 bits per heavy atom. The fourth-order valence-electron chi connectivity index (χ4n) is 3.87. The average Bonchev–Trinajstić information content (AvgIpc) is 3.38. The Hall–Kier alpha value is -4.41. The summed E-state index contributed by atoms with van der Waals surface area (Å²) in [7, 11) is 3.42. The molecular weight excluding hydrogens is 438 g/mol. The van der Waals surface area contributed by atoms with Gasteiger partial charge in [-0.05, 0) is 25.1 Å². The Kier molecular flexibility index (Phi) is 5.36. The summed E-state index contributed by atoms with van der Waals surface area (Å²) in [5.41, 5.74) is 3.05. The highest BCUT2D eigenvalue weighted by atomic mass is 16.5. The van der Waals surface area contributed by atoms with Crippen LogP contribution >= 0.6 is 0 Å². The second kappa shape index (κ2) is 8.50. The molecule has 11 heteroatoms. The van der Waals surface area contributed by atoms with Crippen LogP contribution in [-0.4, -0.2) is 67.6 Å². The molecule has 34 heavy (non-hydrogen) atoms. The molecule has 0 radical (unpaired) electrons. The van der Waals surface area contributed by atoms with Gasteiger partial charge in [-0.1, -0.05) is 0 Å². The average molecular weight is 461 g/mol. The number of hydrogen-bond donors (Lipinski definition) is 2. The fraction of sp³-hybridized carbons (Fsp3) is 0.261. The zero-order valence-corrected chi connectivity index (χ0v) is 19.0. The van der Waals surface area contributed by atoms with E-state index in [2.05, 4.69) is 25.3 Å². The summed E-state index contributed by atoms with van der Waals surface area (Å²) in [4.78, 5) is 34.0. The second-order valence-corrected chi connectivity index (χ2v) is 7.83. The number of aryl methyl sites for hydroxylation is 1. The van der Waals surface area contributed by atoms with Crippen LogP contribution < -0.4 is 15.0 Å². The minimum absolute atomic E-state index is 0.205. The molecule has 1 aliphatic heterocycles. The highest BCUT2D eigenvalue weighted by molar-refractivity contribution is 5.99. The molecule has 11 nitrogen and oxygen atoms in total. The molecule has 2 bridgehead atoms. The maximum atomic E-state index is 13.3. The molecule has 0 aromatic carbocycles. The van der Waals surface area contributed by atoms with Gasteiger partial charge in [0.1, 0.15) is 12.4 Å². The van der Waals surface area contributed by atoms with E-state index in [1.165, 1.54) is 17.2 Å². The van der Waals surface area contributed by atoms with Crippen molar-refractivity contribution in [3.63, 3.8) is 0 Å². The molecule has 0 atom stereocenters. The SMILES string of the molecule is CCOc1c2c(nn1C)C(=O)N(C)CCOc1c[nH]c(=O)cc1-c1cc3c(n[nH]c3cn1)C=C2. The Labute approximate surface area is 194 Å². The first-order valence-electron chi connectivity index (χ1n) is 10.8. The summed E-state index contributed by atoms with van der Waals surface area (Å²) in [6.45, 7) is 2.81. The summed E-state index contributed by atoms with van der Waals surface area (Å²) < 4.78 is 13.3. The van der Waals surface area contributed by atoms with E-state index in [9.17, 15) is 9.59 Å². The number of carbonyl (C=O) groups excluding carboxylic acids is 1. The van der Waals surface area contributed by atoms with Gasteiger partial charge in [-0.25, -0.2) is 4.68 Å². The van der Waals surface area contributed by atoms with Gasteiger partial charge in [0, 0.05) is 37.3 Å². The number of pyridine rings is 2. The van der Waals surface area contributed by atoms with E-state index in [-0.39, 0.29) is 23.8 Å². The number of rotatable bonds is 2. The lowest BCUT2D eigenvalue weighted by atomic mass is 10.1. The zero-order valence-electron chi connectivity index (χ0n) is 19.0. The number of carbonyl (C=O) groups is 1. The van der Waals surface area contributed by atoms with Crippen molar-refractivity contribution in [1.29, 1.82) is 0 Å². The Balaban J connectivity index is 1.71. The van der Waals surface area contributed by atoms with Crippen LogP contribution in [0.3, 0.4) is 0 Å². The number of aromatic amines is 2. The molecular formula is C23H23N7O4. The van der Waals surface area contributed by atoms with E-state index >= 15 is 0 Å². The number of aromatic nitrogens is 6. The Morgan fingerprint density at radius 2 is 2.06 bits per heavy atom. The molecule has 174 valence electrons. The van der Waals surface area contributed by atoms with Crippen LogP contribution in [0.5, 0.6) is 11.6 Å². The molecule has 5 heterocycles. The standard InChI is InChI=1S/C23H23N7O4/c1-4-33-23-13-5-6-16-14-9-17(24-11-18(14)27-26-16)15-10-20(31)25-12-19(15)34-8-7-29(2)22(32)21(13)28-30(23)3/h5-6,9-12H,4,7-8H2,1-3H3,(H,25,31)(H,26,27). The second-order valence-electron chi connectivity index (χ2n) is 7.83. The van der Waals surface area contributed by atoms with Crippen molar-refractivity contribution < 1.29 is 14.3 Å². The van der Waals surface area contributed by atoms with Crippen LogP contribution in [0.2, 0.25) is 0 Å². The summed E-state index contributed by atoms with van der Waals surface area (Å²) in [6, 6.07) is 3.30. The number of likely N-dealkylation sites (N-methyl/N-ethyl adjacent to an activating group) is 1. The summed E-state index contributed by atoms with van der Waals surface area (Å²) in [6.07, 6.45) is 6.75. The number of nitrogens with zero attached hydrogens (tertiary/aromatic N) is 5. The van der Waals surface area contributed by atoms with E-state index in [0.29, 0.717) is 47.3 Å². The summed E-state index contributed by atoms with van der Waals surface area (Å²) in [5.74, 6) is 0.680. The van der Waals surface area contributed by atoms with Crippen LogP contribution in [0.4, 0.5) is 0 Å². The van der Waals surface area contributed by atoms with Gasteiger partial charge >= 0.3 is 0 Å². The van der Waals surface area contributed by atoms with Crippen molar-refractivity contribution in [3.05, 3.63) is 51.8 Å². The maximum Gasteiger partial charge on any atom is 0.274 e. The van der Waals surface area contributed by atoms with Gasteiger partial charge < -0.3 is 19.4 Å². The fourth-order valence-corrected chi connectivity index (χ4v) is 3.87. The molecule has 2 N–H and O–H groups in total. The molecule has 0 saturated carbocycles. The van der Waals surface area contributed by atoms with Crippen LogP contribution in [0.25, 0.3) is 34.3 Å². The van der Waals surface area contributed by atoms with E-state index in [0.717, 1.165) is 10.9 Å². The number of hydrogen-bond acceptors (Lipinski definition) is 7. The third kappa shape index (κ3) is 3.70. The van der Waals surface area contributed by atoms with Gasteiger partial charge in [0.15, 0.2) is 5.69 Å². The Bertz CT molecular complexity index is 1480. The molecule has 4 aromatic heterocycles. The number of amides is 1. The monoisotopic (exact) mass is 461 g/mol. The lowest BCUT2D eigenvalue weighted by Crippen LogP contribution is -2.31. The Morgan fingerprint density at radius 3 is 2.88 bits per heavy atom. The van der Waals surface area contributed by atoms with Crippen LogP contribution in [0.1, 0.15) is 28.7 Å². The highest BCUT2D eigenvalue weighted by Crippen LogP contribution is 2.31. The van der Waals surface area contributed by atoms with Crippen molar-refractivity contribution in [2.75, 3.05) is 26.8 Å². The minimum atomic E-state index is -0.271. The smallest absolute Gasteiger partial charge is 0.274 e. The molecule has 0 aliphatic carbocycles. The van der Waals surface area contributed by atoms with Crippen molar-refractivity contribution in [2.45, 2.75) is 6.92 Å². The van der Waals surface area contributed by atoms with E-state index in [1.54, 1.807) is 37.1 Å². The van der Waals surface area contributed by atoms with Crippen molar-refractivity contribution in [3.8, 4) is 22.9 Å². The summed E-state index contributed by atoms with van der Waals surface area (Å²) in [5, 5.41) is 12.6. The molecule has 1 amide bonds. The molecule has 5 rings (SSSR count).